The lowest BCUT2D eigenvalue weighted by Gasteiger charge is -2.07. The summed E-state index contributed by atoms with van der Waals surface area (Å²) in [5, 5.41) is 0.674. The molecule has 0 bridgehead atoms. The van der Waals surface area contributed by atoms with Gasteiger partial charge in [0, 0.05) is 47.5 Å². The normalized spacial score (nSPS) is 12.2. The third kappa shape index (κ3) is 2.78. The highest BCUT2D eigenvalue weighted by atomic mass is 35.7. The second-order valence-corrected chi connectivity index (χ2v) is 6.87. The van der Waals surface area contributed by atoms with Crippen LogP contribution in [0.3, 0.4) is 0 Å². The van der Waals surface area contributed by atoms with Crippen molar-refractivity contribution < 1.29 is 13.2 Å². The Morgan fingerprint density at radius 1 is 1.32 bits per heavy atom. The molecule has 104 valence electrons. The fourth-order valence-electron chi connectivity index (χ4n) is 2.36. The van der Waals surface area contributed by atoms with E-state index in [1.54, 1.807) is 20.1 Å². The zero-order valence-electron chi connectivity index (χ0n) is 10.9. The molecule has 0 atom stereocenters. The van der Waals surface area contributed by atoms with Gasteiger partial charge >= 0.3 is 0 Å². The lowest BCUT2D eigenvalue weighted by atomic mass is 10.2. The molecule has 0 fully saturated rings. The van der Waals surface area contributed by atoms with Crippen LogP contribution >= 0.6 is 10.7 Å². The van der Waals surface area contributed by atoms with Crippen molar-refractivity contribution in [1.29, 1.82) is 0 Å². The molecule has 0 saturated carbocycles. The van der Waals surface area contributed by atoms with Crippen molar-refractivity contribution in [2.75, 3.05) is 13.7 Å². The number of methoxy groups -OCH3 is 1. The molecule has 1 aromatic heterocycles. The molecule has 1 heterocycles. The smallest absolute Gasteiger partial charge is 0.263 e. The van der Waals surface area contributed by atoms with Crippen LogP contribution in [0.1, 0.15) is 12.1 Å². The first-order valence-electron chi connectivity index (χ1n) is 5.98. The average molecular weight is 302 g/mol. The molecule has 0 N–H and O–H groups in total. The minimum Gasteiger partial charge on any atom is -0.385 e. The highest BCUT2D eigenvalue weighted by Crippen LogP contribution is 2.32. The Balaban J connectivity index is 2.61. The van der Waals surface area contributed by atoms with Crippen molar-refractivity contribution in [1.82, 2.24) is 4.57 Å². The van der Waals surface area contributed by atoms with Crippen LogP contribution in [0.2, 0.25) is 0 Å². The predicted molar refractivity (Wildman–Crippen MR) is 76.2 cm³/mol. The van der Waals surface area contributed by atoms with E-state index in [9.17, 15) is 8.42 Å². The average Bonchev–Trinajstić information content (AvgIpc) is 2.62. The van der Waals surface area contributed by atoms with Gasteiger partial charge in [0.15, 0.2) is 0 Å². The third-order valence-electron chi connectivity index (χ3n) is 3.15. The highest BCUT2D eigenvalue weighted by Gasteiger charge is 2.22. The van der Waals surface area contributed by atoms with E-state index in [4.69, 9.17) is 15.4 Å². The van der Waals surface area contributed by atoms with Gasteiger partial charge in [0.25, 0.3) is 9.05 Å². The lowest BCUT2D eigenvalue weighted by Crippen LogP contribution is -2.04. The molecule has 1 aromatic carbocycles. The molecule has 6 heteroatoms. The molecule has 2 rings (SSSR count). The van der Waals surface area contributed by atoms with Crippen LogP contribution in [0.4, 0.5) is 0 Å². The molecule has 2 aromatic rings. The number of ether oxygens (including phenoxy) is 1. The second kappa shape index (κ2) is 5.53. The van der Waals surface area contributed by atoms with E-state index < -0.39 is 9.05 Å². The molecule has 0 saturated heterocycles. The fourth-order valence-corrected chi connectivity index (χ4v) is 3.84. The number of aryl methyl sites for hydroxylation is 1. The highest BCUT2D eigenvalue weighted by molar-refractivity contribution is 8.14. The SMILES string of the molecule is COCCCn1c(C)c(S(=O)(=O)Cl)c2ccccc21. The summed E-state index contributed by atoms with van der Waals surface area (Å²) in [6.07, 6.45) is 0.817. The van der Waals surface area contributed by atoms with Crippen molar-refractivity contribution in [2.24, 2.45) is 0 Å². The number of hydrogen-bond donors (Lipinski definition) is 0. The molecule has 0 aliphatic carbocycles. The molecule has 4 nitrogen and oxygen atoms in total. The maximum absolute atomic E-state index is 11.7. The number of para-hydroxylation sites is 1. The van der Waals surface area contributed by atoms with Crippen molar-refractivity contribution in [3.05, 3.63) is 30.0 Å². The summed E-state index contributed by atoms with van der Waals surface area (Å²) in [5.41, 5.74) is 1.56. The van der Waals surface area contributed by atoms with Gasteiger partial charge in [-0.15, -0.1) is 0 Å². The number of rotatable bonds is 5. The zero-order valence-corrected chi connectivity index (χ0v) is 12.5. The number of halogens is 1. The van der Waals surface area contributed by atoms with Crippen molar-refractivity contribution >= 4 is 30.6 Å². The largest absolute Gasteiger partial charge is 0.385 e. The maximum atomic E-state index is 11.7. The molecule has 0 amide bonds. The molecule has 0 aliphatic rings. The Morgan fingerprint density at radius 3 is 2.63 bits per heavy atom. The quantitative estimate of drug-likeness (QED) is 0.630. The molecule has 0 spiro atoms. The molecular weight excluding hydrogens is 286 g/mol. The maximum Gasteiger partial charge on any atom is 0.263 e. The van der Waals surface area contributed by atoms with Gasteiger partial charge in [0.05, 0.1) is 0 Å². The Kier molecular flexibility index (Phi) is 4.18. The third-order valence-corrected chi connectivity index (χ3v) is 4.61. The van der Waals surface area contributed by atoms with Crippen LogP contribution < -0.4 is 0 Å². The van der Waals surface area contributed by atoms with E-state index >= 15 is 0 Å². The summed E-state index contributed by atoms with van der Waals surface area (Å²) >= 11 is 0. The van der Waals surface area contributed by atoms with E-state index in [0.717, 1.165) is 11.9 Å². The van der Waals surface area contributed by atoms with Crippen LogP contribution in [0.5, 0.6) is 0 Å². The fraction of sp³-hybridized carbons (Fsp3) is 0.385. The zero-order chi connectivity index (χ0) is 14.0. The summed E-state index contributed by atoms with van der Waals surface area (Å²) in [7, 11) is 3.45. The minimum atomic E-state index is -3.75. The van der Waals surface area contributed by atoms with Gasteiger partial charge in [-0.1, -0.05) is 18.2 Å². The van der Waals surface area contributed by atoms with E-state index in [1.165, 1.54) is 0 Å². The molecule has 19 heavy (non-hydrogen) atoms. The number of aromatic nitrogens is 1. The van der Waals surface area contributed by atoms with Gasteiger partial charge in [0.1, 0.15) is 4.90 Å². The molecule has 0 radical (unpaired) electrons. The van der Waals surface area contributed by atoms with Crippen LogP contribution in [0, 0.1) is 6.92 Å². The summed E-state index contributed by atoms with van der Waals surface area (Å²) in [4.78, 5) is 0.210. The van der Waals surface area contributed by atoms with E-state index in [0.29, 0.717) is 24.2 Å². The van der Waals surface area contributed by atoms with E-state index in [2.05, 4.69) is 0 Å². The first kappa shape index (κ1) is 14.4. The standard InChI is InChI=1S/C13H16ClNO3S/c1-10-13(19(14,16)17)11-6-3-4-7-12(11)15(10)8-5-9-18-2/h3-4,6-7H,5,8-9H2,1-2H3. The van der Waals surface area contributed by atoms with E-state index in [1.807, 2.05) is 22.8 Å². The predicted octanol–water partition coefficient (Wildman–Crippen LogP) is 2.91. The Labute approximate surface area is 117 Å². The van der Waals surface area contributed by atoms with Gasteiger partial charge in [-0.3, -0.25) is 0 Å². The van der Waals surface area contributed by atoms with Gasteiger partial charge in [0.2, 0.25) is 0 Å². The lowest BCUT2D eigenvalue weighted by molar-refractivity contribution is 0.190. The van der Waals surface area contributed by atoms with Crippen molar-refractivity contribution in [3.8, 4) is 0 Å². The number of fused-ring (bicyclic) bond motifs is 1. The van der Waals surface area contributed by atoms with Gasteiger partial charge in [-0.2, -0.15) is 0 Å². The first-order chi connectivity index (χ1) is 8.96. The number of nitrogens with zero attached hydrogens (tertiary/aromatic N) is 1. The monoisotopic (exact) mass is 301 g/mol. The molecular formula is C13H16ClNO3S. The second-order valence-electron chi connectivity index (χ2n) is 4.37. The minimum absolute atomic E-state index is 0.210. The Morgan fingerprint density at radius 2 is 2.00 bits per heavy atom. The summed E-state index contributed by atoms with van der Waals surface area (Å²) in [6.45, 7) is 3.11. The van der Waals surface area contributed by atoms with Crippen LogP contribution in [0.25, 0.3) is 10.9 Å². The Bertz CT molecular complexity index is 691. The first-order valence-corrected chi connectivity index (χ1v) is 8.29. The molecule has 0 aliphatic heterocycles. The van der Waals surface area contributed by atoms with Crippen molar-refractivity contribution in [3.63, 3.8) is 0 Å². The summed E-state index contributed by atoms with van der Waals surface area (Å²) in [6, 6.07) is 7.39. The molecule has 0 unspecified atom stereocenters. The number of benzene rings is 1. The van der Waals surface area contributed by atoms with Crippen LogP contribution in [-0.4, -0.2) is 26.7 Å². The van der Waals surface area contributed by atoms with Gasteiger partial charge in [-0.25, -0.2) is 8.42 Å². The number of hydrogen-bond acceptors (Lipinski definition) is 3. The summed E-state index contributed by atoms with van der Waals surface area (Å²) < 4.78 is 30.5. The van der Waals surface area contributed by atoms with Crippen LogP contribution in [0.15, 0.2) is 29.2 Å². The topological polar surface area (TPSA) is 48.3 Å². The summed E-state index contributed by atoms with van der Waals surface area (Å²) in [5.74, 6) is 0. The Hall–Kier alpha value is -1.04. The van der Waals surface area contributed by atoms with Gasteiger partial charge < -0.3 is 9.30 Å². The van der Waals surface area contributed by atoms with Gasteiger partial charge in [-0.05, 0) is 19.4 Å². The van der Waals surface area contributed by atoms with Crippen molar-refractivity contribution in [2.45, 2.75) is 24.8 Å². The van der Waals surface area contributed by atoms with Crippen LogP contribution in [-0.2, 0) is 20.3 Å². The van der Waals surface area contributed by atoms with E-state index in [-0.39, 0.29) is 4.90 Å².